The number of hydrogen-bond acceptors (Lipinski definition) is 4. The van der Waals surface area contributed by atoms with Crippen molar-refractivity contribution in [3.8, 4) is 5.75 Å². The fraction of sp³-hybridized carbons (Fsp3) is 0.429. The molecule has 1 saturated heterocycles. The summed E-state index contributed by atoms with van der Waals surface area (Å²) in [5, 5.41) is 3.20. The zero-order valence-corrected chi connectivity index (χ0v) is 14.9. The second kappa shape index (κ2) is 7.87. The van der Waals surface area contributed by atoms with Gasteiger partial charge >= 0.3 is 0 Å². The van der Waals surface area contributed by atoms with Crippen molar-refractivity contribution in [3.05, 3.63) is 59.9 Å². The number of nitrogens with zero attached hydrogens (tertiary/aromatic N) is 2. The number of benzene rings is 1. The van der Waals surface area contributed by atoms with Crippen LogP contribution in [-0.2, 0) is 17.8 Å². The highest BCUT2D eigenvalue weighted by Crippen LogP contribution is 2.27. The highest BCUT2D eigenvalue weighted by Gasteiger charge is 2.28. The van der Waals surface area contributed by atoms with Crippen LogP contribution in [-0.4, -0.2) is 41.0 Å². The summed E-state index contributed by atoms with van der Waals surface area (Å²) >= 11 is 0. The van der Waals surface area contributed by atoms with Crippen LogP contribution in [0.1, 0.15) is 30.4 Å². The van der Waals surface area contributed by atoms with E-state index in [0.29, 0.717) is 0 Å². The van der Waals surface area contributed by atoms with E-state index in [0.717, 1.165) is 51.1 Å². The van der Waals surface area contributed by atoms with Crippen molar-refractivity contribution in [3.63, 3.8) is 0 Å². The minimum atomic E-state index is -0.363. The van der Waals surface area contributed by atoms with Crippen molar-refractivity contribution in [2.45, 2.75) is 44.4 Å². The number of carbonyl (C=O) groups excluding carboxylic acids is 1. The third kappa shape index (κ3) is 4.05. The van der Waals surface area contributed by atoms with Gasteiger partial charge in [-0.2, -0.15) is 0 Å². The maximum atomic E-state index is 12.6. The smallest absolute Gasteiger partial charge is 0.261 e. The second-order valence-corrected chi connectivity index (χ2v) is 7.17. The van der Waals surface area contributed by atoms with Crippen molar-refractivity contribution < 1.29 is 9.53 Å². The molecule has 2 aliphatic rings. The number of piperidine rings is 1. The van der Waals surface area contributed by atoms with Gasteiger partial charge in [-0.3, -0.25) is 14.7 Å². The van der Waals surface area contributed by atoms with E-state index in [1.807, 2.05) is 30.5 Å². The summed E-state index contributed by atoms with van der Waals surface area (Å²) in [6, 6.07) is 12.3. The molecule has 0 spiro atoms. The topological polar surface area (TPSA) is 54.5 Å². The fourth-order valence-corrected chi connectivity index (χ4v) is 3.79. The van der Waals surface area contributed by atoms with Gasteiger partial charge in [-0.1, -0.05) is 24.3 Å². The van der Waals surface area contributed by atoms with E-state index in [9.17, 15) is 4.79 Å². The summed E-state index contributed by atoms with van der Waals surface area (Å²) in [6.45, 7) is 2.92. The van der Waals surface area contributed by atoms with Crippen LogP contribution in [0.4, 0.5) is 0 Å². The van der Waals surface area contributed by atoms with Crippen LogP contribution in [0.3, 0.4) is 0 Å². The number of amides is 1. The first-order valence-corrected chi connectivity index (χ1v) is 9.44. The number of nitrogens with one attached hydrogen (secondary N) is 1. The zero-order valence-electron chi connectivity index (χ0n) is 14.9. The molecule has 136 valence electrons. The number of likely N-dealkylation sites (tertiary alicyclic amines) is 1. The molecular formula is C21H25N3O2. The third-order valence-corrected chi connectivity index (χ3v) is 5.27. The maximum absolute atomic E-state index is 12.6. The van der Waals surface area contributed by atoms with Crippen LogP contribution in [0.2, 0.25) is 0 Å². The molecule has 2 aromatic rings. The lowest BCUT2D eigenvalue weighted by Crippen LogP contribution is -2.49. The summed E-state index contributed by atoms with van der Waals surface area (Å²) in [7, 11) is 0. The molecule has 1 unspecified atom stereocenters. The summed E-state index contributed by atoms with van der Waals surface area (Å²) in [5.41, 5.74) is 2.43. The number of ether oxygens (including phenoxy) is 1. The predicted molar refractivity (Wildman–Crippen MR) is 99.9 cm³/mol. The molecule has 1 aromatic heterocycles. The average molecular weight is 351 g/mol. The molecule has 1 atom stereocenters. The Morgan fingerprint density at radius 1 is 1.15 bits per heavy atom. The lowest BCUT2D eigenvalue weighted by molar-refractivity contribution is -0.129. The van der Waals surface area contributed by atoms with Gasteiger partial charge in [-0.15, -0.1) is 0 Å². The highest BCUT2D eigenvalue weighted by atomic mass is 16.5. The first-order chi connectivity index (χ1) is 12.8. The van der Waals surface area contributed by atoms with E-state index in [-0.39, 0.29) is 18.1 Å². The van der Waals surface area contributed by atoms with E-state index in [2.05, 4.69) is 27.3 Å². The molecule has 0 bridgehead atoms. The van der Waals surface area contributed by atoms with Crippen LogP contribution in [0.25, 0.3) is 0 Å². The molecule has 0 radical (unpaired) electrons. The molecule has 1 N–H and O–H groups in total. The number of fused-ring (bicyclic) bond motifs is 1. The first kappa shape index (κ1) is 17.0. The Labute approximate surface area is 154 Å². The summed E-state index contributed by atoms with van der Waals surface area (Å²) < 4.78 is 5.91. The Morgan fingerprint density at radius 3 is 2.81 bits per heavy atom. The van der Waals surface area contributed by atoms with Gasteiger partial charge < -0.3 is 10.1 Å². The number of para-hydroxylation sites is 1. The standard InChI is InChI=1S/C21H25N3O2/c25-21(20-8-7-17-5-1-2-6-19(17)26-20)23-18-9-12-24(13-10-18)15-16-4-3-11-22-14-16/h1-6,11,14,18,20H,7-10,12-13,15H2,(H,23,25). The lowest BCUT2D eigenvalue weighted by Gasteiger charge is -2.33. The Kier molecular flexibility index (Phi) is 5.16. The molecule has 3 heterocycles. The van der Waals surface area contributed by atoms with E-state index in [1.54, 1.807) is 6.20 Å². The van der Waals surface area contributed by atoms with Crippen LogP contribution in [0, 0.1) is 0 Å². The fourth-order valence-electron chi connectivity index (χ4n) is 3.79. The van der Waals surface area contributed by atoms with Crippen LogP contribution in [0.15, 0.2) is 48.8 Å². The molecule has 4 rings (SSSR count). The first-order valence-electron chi connectivity index (χ1n) is 9.44. The van der Waals surface area contributed by atoms with Gasteiger partial charge in [-0.05, 0) is 48.9 Å². The van der Waals surface area contributed by atoms with Crippen LogP contribution < -0.4 is 10.1 Å². The third-order valence-electron chi connectivity index (χ3n) is 5.27. The van der Waals surface area contributed by atoms with Gasteiger partial charge in [-0.25, -0.2) is 0 Å². The summed E-state index contributed by atoms with van der Waals surface area (Å²) in [5.74, 6) is 0.885. The van der Waals surface area contributed by atoms with Gasteiger partial charge in [0, 0.05) is 38.1 Å². The molecule has 1 aromatic carbocycles. The molecule has 0 aliphatic carbocycles. The van der Waals surface area contributed by atoms with E-state index < -0.39 is 0 Å². The maximum Gasteiger partial charge on any atom is 0.261 e. The Hall–Kier alpha value is -2.40. The number of hydrogen-bond donors (Lipinski definition) is 1. The predicted octanol–water partition coefficient (Wildman–Crippen LogP) is 2.56. The largest absolute Gasteiger partial charge is 0.480 e. The molecule has 26 heavy (non-hydrogen) atoms. The van der Waals surface area contributed by atoms with Gasteiger partial charge in [0.25, 0.3) is 5.91 Å². The van der Waals surface area contributed by atoms with Gasteiger partial charge in [0.2, 0.25) is 0 Å². The Bertz CT molecular complexity index is 742. The van der Waals surface area contributed by atoms with Crippen molar-refractivity contribution in [1.82, 2.24) is 15.2 Å². The van der Waals surface area contributed by atoms with E-state index in [1.165, 1.54) is 11.1 Å². The number of aromatic nitrogens is 1. The molecule has 0 saturated carbocycles. The SMILES string of the molecule is O=C(NC1CCN(Cc2cccnc2)CC1)C1CCc2ccccc2O1. The summed E-state index contributed by atoms with van der Waals surface area (Å²) in [4.78, 5) is 19.2. The van der Waals surface area contributed by atoms with E-state index >= 15 is 0 Å². The van der Waals surface area contributed by atoms with Crippen molar-refractivity contribution in [2.24, 2.45) is 0 Å². The molecule has 2 aliphatic heterocycles. The van der Waals surface area contributed by atoms with Crippen molar-refractivity contribution >= 4 is 5.91 Å². The summed E-state index contributed by atoms with van der Waals surface area (Å²) in [6.07, 6.45) is 6.98. The number of aryl methyl sites for hydroxylation is 1. The van der Waals surface area contributed by atoms with Gasteiger partial charge in [0.05, 0.1) is 0 Å². The molecule has 1 fully saturated rings. The Balaban J connectivity index is 1.25. The molecule has 5 nitrogen and oxygen atoms in total. The number of rotatable bonds is 4. The van der Waals surface area contributed by atoms with Gasteiger partial charge in [0.1, 0.15) is 5.75 Å². The highest BCUT2D eigenvalue weighted by molar-refractivity contribution is 5.81. The number of pyridine rings is 1. The van der Waals surface area contributed by atoms with Crippen molar-refractivity contribution in [1.29, 1.82) is 0 Å². The average Bonchev–Trinajstić information content (AvgIpc) is 2.70. The normalized spacial score (nSPS) is 20.8. The van der Waals surface area contributed by atoms with Crippen LogP contribution in [0.5, 0.6) is 5.75 Å². The second-order valence-electron chi connectivity index (χ2n) is 7.17. The molecular weight excluding hydrogens is 326 g/mol. The quantitative estimate of drug-likeness (QED) is 0.920. The number of carbonyl (C=O) groups is 1. The molecule has 1 amide bonds. The van der Waals surface area contributed by atoms with Crippen LogP contribution >= 0.6 is 0 Å². The minimum Gasteiger partial charge on any atom is -0.480 e. The molecule has 5 heteroatoms. The minimum absolute atomic E-state index is 0.0326. The monoisotopic (exact) mass is 351 g/mol. The van der Waals surface area contributed by atoms with Gasteiger partial charge in [0.15, 0.2) is 6.10 Å². The van der Waals surface area contributed by atoms with E-state index in [4.69, 9.17) is 4.74 Å². The zero-order chi connectivity index (χ0) is 17.8. The lowest BCUT2D eigenvalue weighted by atomic mass is 10.0. The Morgan fingerprint density at radius 2 is 2.00 bits per heavy atom. The van der Waals surface area contributed by atoms with Crippen molar-refractivity contribution in [2.75, 3.05) is 13.1 Å².